The minimum atomic E-state index is -1.16. The van der Waals surface area contributed by atoms with Crippen molar-refractivity contribution in [2.24, 2.45) is 5.92 Å². The fourth-order valence-corrected chi connectivity index (χ4v) is 4.36. The van der Waals surface area contributed by atoms with Crippen LogP contribution in [0.4, 0.5) is 0 Å². The van der Waals surface area contributed by atoms with E-state index in [0.29, 0.717) is 32.4 Å². The maximum absolute atomic E-state index is 13.3. The lowest BCUT2D eigenvalue weighted by Gasteiger charge is -2.49. The molecule has 2 atom stereocenters. The summed E-state index contributed by atoms with van der Waals surface area (Å²) in [5, 5.41) is 12.8. The van der Waals surface area contributed by atoms with Gasteiger partial charge in [-0.05, 0) is 37.7 Å². The van der Waals surface area contributed by atoms with Gasteiger partial charge < -0.3 is 5.11 Å². The van der Waals surface area contributed by atoms with Gasteiger partial charge >= 0.3 is 5.97 Å². The molecule has 1 unspecified atom stereocenters. The molecule has 2 amide bonds. The molecule has 2 fully saturated rings. The second kappa shape index (κ2) is 8.63. The zero-order valence-corrected chi connectivity index (χ0v) is 17.4. The van der Waals surface area contributed by atoms with Crippen molar-refractivity contribution in [3.63, 3.8) is 0 Å². The molecule has 3 rings (SSSR count). The number of amides is 2. The third-order valence-corrected chi connectivity index (χ3v) is 6.02. The van der Waals surface area contributed by atoms with Gasteiger partial charge in [-0.25, -0.2) is 4.79 Å². The Morgan fingerprint density at radius 3 is 2.34 bits per heavy atom. The molecule has 1 spiro atoms. The van der Waals surface area contributed by atoms with Crippen LogP contribution in [0.15, 0.2) is 30.3 Å². The molecule has 0 aromatic heterocycles. The molecule has 0 bridgehead atoms. The Kier molecular flexibility index (Phi) is 6.39. The van der Waals surface area contributed by atoms with Crippen molar-refractivity contribution in [2.45, 2.75) is 64.2 Å². The Bertz CT molecular complexity index is 757. The maximum Gasteiger partial charge on any atom is 0.326 e. The molecular formula is C22H31N3O4. The van der Waals surface area contributed by atoms with Crippen LogP contribution in [0, 0.1) is 5.92 Å². The van der Waals surface area contributed by atoms with Gasteiger partial charge in [-0.1, -0.05) is 44.2 Å². The van der Waals surface area contributed by atoms with E-state index in [1.54, 1.807) is 0 Å². The third kappa shape index (κ3) is 4.51. The number of rotatable bonds is 6. The van der Waals surface area contributed by atoms with Gasteiger partial charge in [0.15, 0.2) is 0 Å². The highest BCUT2D eigenvalue weighted by Crippen LogP contribution is 2.32. The fraction of sp³-hybridized carbons (Fsp3) is 0.591. The molecule has 7 heteroatoms. The molecule has 1 aromatic rings. The number of piperazine rings is 1. The zero-order valence-electron chi connectivity index (χ0n) is 17.4. The first kappa shape index (κ1) is 21.5. The minimum absolute atomic E-state index is 0.252. The number of benzene rings is 1. The van der Waals surface area contributed by atoms with E-state index in [1.807, 2.05) is 32.0 Å². The Hall–Kier alpha value is -2.25. The number of nitrogens with zero attached hydrogens (tertiary/aromatic N) is 2. The van der Waals surface area contributed by atoms with Crippen LogP contribution >= 0.6 is 0 Å². The second-order valence-electron chi connectivity index (χ2n) is 8.70. The average Bonchev–Trinajstić information content (AvgIpc) is 2.68. The monoisotopic (exact) mass is 401 g/mol. The molecule has 2 aliphatic rings. The van der Waals surface area contributed by atoms with Gasteiger partial charge in [0.1, 0.15) is 11.6 Å². The van der Waals surface area contributed by atoms with Crippen molar-refractivity contribution in [3.8, 4) is 0 Å². The topological polar surface area (TPSA) is 90.0 Å². The Labute approximate surface area is 172 Å². The largest absolute Gasteiger partial charge is 0.480 e. The molecule has 2 aliphatic heterocycles. The fourth-order valence-electron chi connectivity index (χ4n) is 4.36. The molecular weight excluding hydrogens is 370 g/mol. The summed E-state index contributed by atoms with van der Waals surface area (Å²) < 4.78 is 0. The van der Waals surface area contributed by atoms with Crippen molar-refractivity contribution in [2.75, 3.05) is 13.1 Å². The first-order valence-corrected chi connectivity index (χ1v) is 10.4. The highest BCUT2D eigenvalue weighted by molar-refractivity contribution is 6.07. The van der Waals surface area contributed by atoms with E-state index in [9.17, 15) is 19.5 Å². The van der Waals surface area contributed by atoms with Crippen LogP contribution in [0.2, 0.25) is 0 Å². The first-order chi connectivity index (χ1) is 13.7. The predicted molar refractivity (Wildman–Crippen MR) is 109 cm³/mol. The van der Waals surface area contributed by atoms with Crippen LogP contribution in [0.1, 0.15) is 45.6 Å². The number of carbonyl (C=O) groups excluding carboxylic acids is 2. The number of likely N-dealkylation sites (tertiary alicyclic amines) is 1. The molecule has 7 nitrogen and oxygen atoms in total. The van der Waals surface area contributed by atoms with Gasteiger partial charge in [0.05, 0.1) is 6.04 Å². The Morgan fingerprint density at radius 2 is 1.79 bits per heavy atom. The molecule has 2 heterocycles. The molecule has 1 aromatic carbocycles. The van der Waals surface area contributed by atoms with Crippen molar-refractivity contribution >= 4 is 17.8 Å². The summed E-state index contributed by atoms with van der Waals surface area (Å²) in [5.41, 5.74) is 0.352. The normalized spacial score (nSPS) is 23.6. The predicted octanol–water partition coefficient (Wildman–Crippen LogP) is 1.87. The van der Waals surface area contributed by atoms with Crippen LogP contribution in [0.3, 0.4) is 0 Å². The zero-order chi connectivity index (χ0) is 21.2. The molecule has 29 heavy (non-hydrogen) atoms. The lowest BCUT2D eigenvalue weighted by Crippen LogP contribution is -2.74. The number of carbonyl (C=O) groups is 3. The highest BCUT2D eigenvalue weighted by atomic mass is 16.4. The van der Waals surface area contributed by atoms with Gasteiger partial charge in [-0.2, -0.15) is 0 Å². The van der Waals surface area contributed by atoms with Gasteiger partial charge in [0.2, 0.25) is 11.8 Å². The second-order valence-corrected chi connectivity index (χ2v) is 8.70. The number of piperidine rings is 1. The van der Waals surface area contributed by atoms with E-state index in [2.05, 4.69) is 22.3 Å². The van der Waals surface area contributed by atoms with Crippen LogP contribution in [-0.4, -0.2) is 63.4 Å². The molecule has 2 saturated heterocycles. The molecule has 158 valence electrons. The van der Waals surface area contributed by atoms with Crippen LogP contribution in [0.5, 0.6) is 0 Å². The number of carboxylic acid groups (broad SMARTS) is 1. The number of aliphatic carboxylic acids is 1. The van der Waals surface area contributed by atoms with Crippen LogP contribution in [-0.2, 0) is 20.9 Å². The van der Waals surface area contributed by atoms with E-state index < -0.39 is 35.4 Å². The highest BCUT2D eigenvalue weighted by Gasteiger charge is 2.53. The van der Waals surface area contributed by atoms with Gasteiger partial charge in [-0.3, -0.25) is 24.7 Å². The van der Waals surface area contributed by atoms with Crippen molar-refractivity contribution in [1.29, 1.82) is 0 Å². The number of nitrogens with one attached hydrogen (secondary N) is 1. The SMILES string of the molecule is CC(C)C[C@@H]1NC2(CCN(Cc3ccccc3)CC2)C(=O)N(C(C)C(=O)O)C1=O. The number of imide groups is 1. The van der Waals surface area contributed by atoms with E-state index in [-0.39, 0.29) is 5.92 Å². The summed E-state index contributed by atoms with van der Waals surface area (Å²) in [6.45, 7) is 7.69. The lowest BCUT2D eigenvalue weighted by atomic mass is 9.81. The summed E-state index contributed by atoms with van der Waals surface area (Å²) in [5.74, 6) is -1.72. The van der Waals surface area contributed by atoms with E-state index >= 15 is 0 Å². The van der Waals surface area contributed by atoms with Crippen molar-refractivity contribution in [1.82, 2.24) is 15.1 Å². The molecule has 0 saturated carbocycles. The lowest BCUT2D eigenvalue weighted by molar-refractivity contribution is -0.168. The average molecular weight is 402 g/mol. The summed E-state index contributed by atoms with van der Waals surface area (Å²) in [7, 11) is 0. The first-order valence-electron chi connectivity index (χ1n) is 10.4. The van der Waals surface area contributed by atoms with Crippen LogP contribution < -0.4 is 5.32 Å². The third-order valence-electron chi connectivity index (χ3n) is 6.02. The van der Waals surface area contributed by atoms with Gasteiger partial charge in [0, 0.05) is 19.6 Å². The smallest absolute Gasteiger partial charge is 0.326 e. The molecule has 2 N–H and O–H groups in total. The maximum atomic E-state index is 13.3. The van der Waals surface area contributed by atoms with Crippen molar-refractivity contribution in [3.05, 3.63) is 35.9 Å². The number of hydrogen-bond donors (Lipinski definition) is 2. The Morgan fingerprint density at radius 1 is 1.17 bits per heavy atom. The number of carboxylic acids is 1. The summed E-state index contributed by atoms with van der Waals surface area (Å²) in [6.07, 6.45) is 1.69. The Balaban J connectivity index is 1.78. The van der Waals surface area contributed by atoms with E-state index in [4.69, 9.17) is 0 Å². The molecule has 0 aliphatic carbocycles. The van der Waals surface area contributed by atoms with Gasteiger partial charge in [0.25, 0.3) is 0 Å². The van der Waals surface area contributed by atoms with Gasteiger partial charge in [-0.15, -0.1) is 0 Å². The summed E-state index contributed by atoms with van der Waals surface area (Å²) in [6, 6.07) is 8.50. The minimum Gasteiger partial charge on any atom is -0.480 e. The standard InChI is InChI=1S/C22H31N3O4/c1-15(2)13-18-19(26)25(16(3)20(27)28)21(29)22(23-18)9-11-24(12-10-22)14-17-7-5-4-6-8-17/h4-8,15-16,18,23H,9-14H2,1-3H3,(H,27,28)/t16?,18-/m0/s1. The number of hydrogen-bond acceptors (Lipinski definition) is 5. The summed E-state index contributed by atoms with van der Waals surface area (Å²) >= 11 is 0. The molecule has 0 radical (unpaired) electrons. The summed E-state index contributed by atoms with van der Waals surface area (Å²) in [4.78, 5) is 41.1. The van der Waals surface area contributed by atoms with Crippen LogP contribution in [0.25, 0.3) is 0 Å². The van der Waals surface area contributed by atoms with E-state index in [1.165, 1.54) is 12.5 Å². The quantitative estimate of drug-likeness (QED) is 0.708. The van der Waals surface area contributed by atoms with E-state index in [0.717, 1.165) is 11.4 Å². The van der Waals surface area contributed by atoms with Crippen molar-refractivity contribution < 1.29 is 19.5 Å².